The predicted molar refractivity (Wildman–Crippen MR) is 93.3 cm³/mol. The van der Waals surface area contributed by atoms with Gasteiger partial charge in [0.1, 0.15) is 0 Å². The number of nitrogens with zero attached hydrogens (tertiary/aromatic N) is 2. The predicted octanol–water partition coefficient (Wildman–Crippen LogP) is 0.194. The number of methoxy groups -OCH3 is 1. The minimum Gasteiger partial charge on any atom is -0.492 e. The molecule has 2 heterocycles. The number of ether oxygens (including phenoxy) is 2. The van der Waals surface area contributed by atoms with E-state index in [2.05, 4.69) is 10.3 Å². The highest BCUT2D eigenvalue weighted by Crippen LogP contribution is 2.46. The number of carbonyl (C=O) groups excluding carboxylic acids is 2. The maximum atomic E-state index is 12.1. The number of guanidine groups is 1. The average Bonchev–Trinajstić information content (AvgIpc) is 2.95. The summed E-state index contributed by atoms with van der Waals surface area (Å²) in [4.78, 5) is 29.8. The number of primary amides is 1. The number of nitrogens with one attached hydrogen (secondary N) is 1. The van der Waals surface area contributed by atoms with Crippen molar-refractivity contribution in [2.45, 2.75) is 31.8 Å². The van der Waals surface area contributed by atoms with Crippen LogP contribution in [0.15, 0.2) is 17.1 Å². The number of aliphatic hydroxyl groups is 1. The number of nitrogens with two attached hydrogens (primary N) is 1. The van der Waals surface area contributed by atoms with Gasteiger partial charge in [-0.2, -0.15) is 0 Å². The van der Waals surface area contributed by atoms with Gasteiger partial charge in [0.15, 0.2) is 17.5 Å². The molecule has 0 radical (unpaired) electrons. The Hall–Kier alpha value is -2.81. The number of unbranched alkanes of at least 4 members (excludes halogenated alkanes) is 1. The van der Waals surface area contributed by atoms with Crippen molar-refractivity contribution < 1.29 is 24.2 Å². The molecule has 26 heavy (non-hydrogen) atoms. The van der Waals surface area contributed by atoms with Crippen molar-refractivity contribution in [3.05, 3.63) is 17.7 Å². The van der Waals surface area contributed by atoms with Crippen LogP contribution in [-0.4, -0.2) is 54.1 Å². The Kier molecular flexibility index (Phi) is 4.99. The second kappa shape index (κ2) is 7.20. The monoisotopic (exact) mass is 362 g/mol. The standard InChI is InChI=1S/C17H22N4O5/c1-9-12-10(19-17-20-16(24)13(15(18)23)21(9)17)5-6-11(14(12)25-2)26-8-4-3-7-22/h5-6,9,13,22H,3-4,7-8H2,1-2H3,(H2,18,23)(H,19,20,24). The summed E-state index contributed by atoms with van der Waals surface area (Å²) in [5, 5.41) is 11.5. The van der Waals surface area contributed by atoms with Crippen molar-refractivity contribution in [1.29, 1.82) is 0 Å². The number of hydrogen-bond acceptors (Lipinski definition) is 7. The second-order valence-corrected chi connectivity index (χ2v) is 6.12. The molecule has 1 aromatic rings. The van der Waals surface area contributed by atoms with Crippen molar-refractivity contribution in [3.8, 4) is 11.5 Å². The SMILES string of the molecule is COc1c(OCCCCO)ccc2c1C(C)N1C(=N2)NC(=O)C1C(N)=O. The van der Waals surface area contributed by atoms with Gasteiger partial charge in [0.25, 0.3) is 5.91 Å². The first-order valence-electron chi connectivity index (χ1n) is 8.41. The molecule has 2 amide bonds. The molecule has 0 spiro atoms. The maximum Gasteiger partial charge on any atom is 0.259 e. The van der Waals surface area contributed by atoms with E-state index in [1.165, 1.54) is 7.11 Å². The first-order chi connectivity index (χ1) is 12.5. The van der Waals surface area contributed by atoms with E-state index in [0.29, 0.717) is 42.6 Å². The number of amides is 2. The normalized spacial score (nSPS) is 20.8. The number of aliphatic imine (C=N–C) groups is 1. The minimum absolute atomic E-state index is 0.115. The summed E-state index contributed by atoms with van der Waals surface area (Å²) in [5.41, 5.74) is 6.75. The maximum absolute atomic E-state index is 12.1. The summed E-state index contributed by atoms with van der Waals surface area (Å²) < 4.78 is 11.3. The van der Waals surface area contributed by atoms with Crippen LogP contribution in [-0.2, 0) is 9.59 Å². The van der Waals surface area contributed by atoms with E-state index in [0.717, 1.165) is 5.56 Å². The molecule has 2 atom stereocenters. The summed E-state index contributed by atoms with van der Waals surface area (Å²) in [6.07, 6.45) is 1.36. The van der Waals surface area contributed by atoms with E-state index in [-0.39, 0.29) is 12.6 Å². The Morgan fingerprint density at radius 2 is 2.19 bits per heavy atom. The fourth-order valence-corrected chi connectivity index (χ4v) is 3.29. The molecule has 1 fully saturated rings. The minimum atomic E-state index is -1.12. The number of carbonyl (C=O) groups is 2. The van der Waals surface area contributed by atoms with E-state index >= 15 is 0 Å². The van der Waals surface area contributed by atoms with Gasteiger partial charge in [-0.25, -0.2) is 4.99 Å². The van der Waals surface area contributed by atoms with Crippen LogP contribution in [0.1, 0.15) is 31.4 Å². The van der Waals surface area contributed by atoms with E-state index < -0.39 is 17.9 Å². The lowest BCUT2D eigenvalue weighted by Crippen LogP contribution is -2.47. The molecule has 4 N–H and O–H groups in total. The van der Waals surface area contributed by atoms with Crippen LogP contribution in [0, 0.1) is 0 Å². The number of aliphatic hydroxyl groups excluding tert-OH is 1. The first-order valence-corrected chi connectivity index (χ1v) is 8.41. The fraction of sp³-hybridized carbons (Fsp3) is 0.471. The summed E-state index contributed by atoms with van der Waals surface area (Å²) in [5.74, 6) is 0.124. The molecule has 2 unspecified atom stereocenters. The molecular formula is C17H22N4O5. The Labute approximate surface area is 150 Å². The lowest BCUT2D eigenvalue weighted by molar-refractivity contribution is -0.131. The van der Waals surface area contributed by atoms with Crippen molar-refractivity contribution in [2.24, 2.45) is 10.7 Å². The lowest BCUT2D eigenvalue weighted by Gasteiger charge is -2.34. The highest BCUT2D eigenvalue weighted by atomic mass is 16.5. The van der Waals surface area contributed by atoms with Gasteiger partial charge in [0, 0.05) is 12.2 Å². The van der Waals surface area contributed by atoms with E-state index in [1.807, 2.05) is 6.92 Å². The van der Waals surface area contributed by atoms with Crippen LogP contribution in [0.25, 0.3) is 0 Å². The number of rotatable bonds is 7. The summed E-state index contributed by atoms with van der Waals surface area (Å²) in [6, 6.07) is 2.05. The molecule has 3 rings (SSSR count). The van der Waals surface area contributed by atoms with E-state index in [9.17, 15) is 9.59 Å². The van der Waals surface area contributed by atoms with Crippen molar-refractivity contribution in [1.82, 2.24) is 10.2 Å². The molecule has 140 valence electrons. The molecule has 2 aliphatic rings. The Morgan fingerprint density at radius 3 is 2.85 bits per heavy atom. The molecule has 9 heteroatoms. The third kappa shape index (κ3) is 2.94. The molecule has 1 saturated heterocycles. The van der Waals surface area contributed by atoms with Gasteiger partial charge in [-0.3, -0.25) is 14.9 Å². The van der Waals surface area contributed by atoms with Crippen LogP contribution in [0.5, 0.6) is 11.5 Å². The molecule has 1 aromatic carbocycles. The van der Waals surface area contributed by atoms with Gasteiger partial charge in [-0.05, 0) is 31.9 Å². The number of hydrogen-bond donors (Lipinski definition) is 3. The molecular weight excluding hydrogens is 340 g/mol. The molecule has 0 bridgehead atoms. The summed E-state index contributed by atoms with van der Waals surface area (Å²) >= 11 is 0. The van der Waals surface area contributed by atoms with Crippen LogP contribution in [0.3, 0.4) is 0 Å². The Bertz CT molecular complexity index is 764. The van der Waals surface area contributed by atoms with Crippen LogP contribution < -0.4 is 20.5 Å². The number of benzene rings is 1. The number of fused-ring (bicyclic) bond motifs is 2. The molecule has 0 aliphatic carbocycles. The summed E-state index contributed by atoms with van der Waals surface area (Å²) in [7, 11) is 1.53. The molecule has 9 nitrogen and oxygen atoms in total. The lowest BCUT2D eigenvalue weighted by atomic mass is 10.00. The van der Waals surface area contributed by atoms with Crippen molar-refractivity contribution >= 4 is 23.5 Å². The topological polar surface area (TPSA) is 126 Å². The smallest absolute Gasteiger partial charge is 0.259 e. The molecule has 0 aromatic heterocycles. The summed E-state index contributed by atoms with van der Waals surface area (Å²) in [6.45, 7) is 2.40. The molecule has 2 aliphatic heterocycles. The second-order valence-electron chi connectivity index (χ2n) is 6.12. The quantitative estimate of drug-likeness (QED) is 0.470. The van der Waals surface area contributed by atoms with Gasteiger partial charge < -0.3 is 25.2 Å². The molecule has 0 saturated carbocycles. The van der Waals surface area contributed by atoms with Crippen LogP contribution >= 0.6 is 0 Å². The zero-order chi connectivity index (χ0) is 18.8. The fourth-order valence-electron chi connectivity index (χ4n) is 3.29. The largest absolute Gasteiger partial charge is 0.492 e. The van der Waals surface area contributed by atoms with Crippen LogP contribution in [0.2, 0.25) is 0 Å². The Balaban J connectivity index is 1.97. The van der Waals surface area contributed by atoms with Gasteiger partial charge in [-0.15, -0.1) is 0 Å². The average molecular weight is 362 g/mol. The van der Waals surface area contributed by atoms with Gasteiger partial charge in [0.2, 0.25) is 11.9 Å². The van der Waals surface area contributed by atoms with Crippen molar-refractivity contribution in [2.75, 3.05) is 20.3 Å². The zero-order valence-electron chi connectivity index (χ0n) is 14.7. The zero-order valence-corrected chi connectivity index (χ0v) is 14.7. The van der Waals surface area contributed by atoms with Crippen LogP contribution in [0.4, 0.5) is 5.69 Å². The highest BCUT2D eigenvalue weighted by Gasteiger charge is 2.46. The third-order valence-corrected chi connectivity index (χ3v) is 4.49. The third-order valence-electron chi connectivity index (χ3n) is 4.49. The van der Waals surface area contributed by atoms with E-state index in [4.69, 9.17) is 20.3 Å². The van der Waals surface area contributed by atoms with Gasteiger partial charge >= 0.3 is 0 Å². The van der Waals surface area contributed by atoms with Gasteiger partial charge in [0.05, 0.1) is 25.4 Å². The Morgan fingerprint density at radius 1 is 1.42 bits per heavy atom. The first kappa shape index (κ1) is 18.0. The highest BCUT2D eigenvalue weighted by molar-refractivity contribution is 6.17. The van der Waals surface area contributed by atoms with Gasteiger partial charge in [-0.1, -0.05) is 0 Å². The van der Waals surface area contributed by atoms with Crippen molar-refractivity contribution in [3.63, 3.8) is 0 Å². The van der Waals surface area contributed by atoms with E-state index in [1.54, 1.807) is 17.0 Å².